The van der Waals surface area contributed by atoms with E-state index in [2.05, 4.69) is 20.6 Å². The van der Waals surface area contributed by atoms with E-state index < -0.39 is 0 Å². The van der Waals surface area contributed by atoms with Gasteiger partial charge in [-0.15, -0.1) is 21.5 Å². The largest absolute Gasteiger partial charge is 0.322 e. The number of amides is 1. The Morgan fingerprint density at radius 1 is 1.23 bits per heavy atom. The molecule has 8 heteroatoms. The molecule has 0 aliphatic carbocycles. The van der Waals surface area contributed by atoms with Crippen molar-refractivity contribution >= 4 is 45.3 Å². The minimum atomic E-state index is -0.121. The number of thiophene rings is 1. The van der Waals surface area contributed by atoms with Crippen molar-refractivity contribution in [1.82, 2.24) is 19.8 Å². The molecule has 0 atom stereocenters. The van der Waals surface area contributed by atoms with Crippen LogP contribution in [-0.2, 0) is 4.79 Å². The third kappa shape index (κ3) is 3.29. The number of aryl methyl sites for hydroxylation is 1. The summed E-state index contributed by atoms with van der Waals surface area (Å²) in [4.78, 5) is 14.2. The number of benzene rings is 1. The molecule has 0 saturated heterocycles. The van der Waals surface area contributed by atoms with Crippen LogP contribution in [0.25, 0.3) is 21.6 Å². The van der Waals surface area contributed by atoms with Crippen LogP contribution in [0.15, 0.2) is 47.4 Å². The number of nitrogens with zero attached hydrogens (tertiary/aromatic N) is 4. The highest BCUT2D eigenvalue weighted by molar-refractivity contribution is 7.19. The number of carbonyl (C=O) groups is 1. The summed E-state index contributed by atoms with van der Waals surface area (Å²) in [5.41, 5.74) is 2.32. The monoisotopic (exact) mass is 381 g/mol. The standard InChI is InChI=1S/C18H15N5OS2/c1-11(9-15-7-4-8-25-15)16(24)19-14-6-3-5-13(10-14)17-22-23-12(2)20-21-18(23)26-17/h3-10H,1-2H3,(H,19,24). The third-order valence-corrected chi connectivity index (χ3v) is 5.54. The van der Waals surface area contributed by atoms with Gasteiger partial charge in [0, 0.05) is 21.7 Å². The van der Waals surface area contributed by atoms with E-state index in [-0.39, 0.29) is 5.91 Å². The molecule has 130 valence electrons. The van der Waals surface area contributed by atoms with E-state index in [0.29, 0.717) is 5.57 Å². The SMILES string of the molecule is CC(=Cc1cccs1)C(=O)Nc1cccc(-c2nn3c(C)nnc3s2)c1. The fraction of sp³-hybridized carbons (Fsp3) is 0.111. The smallest absolute Gasteiger partial charge is 0.251 e. The second kappa shape index (κ2) is 6.81. The number of aromatic nitrogens is 4. The topological polar surface area (TPSA) is 72.2 Å². The Labute approximate surface area is 157 Å². The number of hydrogen-bond donors (Lipinski definition) is 1. The molecule has 4 rings (SSSR count). The zero-order valence-corrected chi connectivity index (χ0v) is 15.8. The molecule has 3 heterocycles. The van der Waals surface area contributed by atoms with Crippen molar-refractivity contribution in [3.05, 3.63) is 58.1 Å². The first-order chi connectivity index (χ1) is 12.6. The van der Waals surface area contributed by atoms with Crippen LogP contribution < -0.4 is 5.32 Å². The van der Waals surface area contributed by atoms with Gasteiger partial charge in [-0.1, -0.05) is 29.5 Å². The summed E-state index contributed by atoms with van der Waals surface area (Å²) in [6.45, 7) is 3.67. The Kier molecular flexibility index (Phi) is 4.36. The fourth-order valence-electron chi connectivity index (χ4n) is 2.44. The lowest BCUT2D eigenvalue weighted by Gasteiger charge is -2.06. The van der Waals surface area contributed by atoms with Crippen LogP contribution in [0, 0.1) is 6.92 Å². The van der Waals surface area contributed by atoms with Crippen molar-refractivity contribution in [2.75, 3.05) is 5.32 Å². The predicted octanol–water partition coefficient (Wildman–Crippen LogP) is 4.26. The Balaban J connectivity index is 1.56. The van der Waals surface area contributed by atoms with Gasteiger partial charge in [-0.25, -0.2) is 0 Å². The molecule has 0 radical (unpaired) electrons. The van der Waals surface area contributed by atoms with E-state index in [4.69, 9.17) is 0 Å². The van der Waals surface area contributed by atoms with Crippen molar-refractivity contribution in [3.63, 3.8) is 0 Å². The second-order valence-electron chi connectivity index (χ2n) is 5.73. The molecule has 0 aliphatic rings. The van der Waals surface area contributed by atoms with Gasteiger partial charge in [0.15, 0.2) is 5.82 Å². The molecule has 0 unspecified atom stereocenters. The minimum Gasteiger partial charge on any atom is -0.322 e. The van der Waals surface area contributed by atoms with Gasteiger partial charge in [-0.05, 0) is 43.5 Å². The average molecular weight is 381 g/mol. The van der Waals surface area contributed by atoms with Gasteiger partial charge in [-0.2, -0.15) is 9.61 Å². The number of anilines is 1. The number of carbonyl (C=O) groups excluding carboxylic acids is 1. The van der Waals surface area contributed by atoms with E-state index in [0.717, 1.165) is 31.9 Å². The van der Waals surface area contributed by atoms with Crippen LogP contribution in [0.5, 0.6) is 0 Å². The third-order valence-electron chi connectivity index (χ3n) is 3.77. The summed E-state index contributed by atoms with van der Waals surface area (Å²) in [5.74, 6) is 0.630. The number of nitrogens with one attached hydrogen (secondary N) is 1. The minimum absolute atomic E-state index is 0.121. The second-order valence-corrected chi connectivity index (χ2v) is 7.66. The molecule has 0 bridgehead atoms. The van der Waals surface area contributed by atoms with Crippen LogP contribution in [0.2, 0.25) is 0 Å². The lowest BCUT2D eigenvalue weighted by atomic mass is 10.2. The zero-order valence-electron chi connectivity index (χ0n) is 14.1. The lowest BCUT2D eigenvalue weighted by molar-refractivity contribution is -0.112. The zero-order chi connectivity index (χ0) is 18.1. The molecule has 6 nitrogen and oxygen atoms in total. The molecule has 4 aromatic rings. The molecule has 0 saturated carbocycles. The highest BCUT2D eigenvalue weighted by Gasteiger charge is 2.12. The summed E-state index contributed by atoms with van der Waals surface area (Å²) >= 11 is 3.07. The van der Waals surface area contributed by atoms with Gasteiger partial charge in [0.2, 0.25) is 4.96 Å². The van der Waals surface area contributed by atoms with Crippen molar-refractivity contribution in [2.45, 2.75) is 13.8 Å². The van der Waals surface area contributed by atoms with Gasteiger partial charge >= 0.3 is 0 Å². The van der Waals surface area contributed by atoms with Gasteiger partial charge in [0.25, 0.3) is 5.91 Å². The number of hydrogen-bond acceptors (Lipinski definition) is 6. The average Bonchev–Trinajstić information content (AvgIpc) is 3.35. The van der Waals surface area contributed by atoms with Crippen LogP contribution in [-0.4, -0.2) is 25.7 Å². The Hall–Kier alpha value is -2.84. The molecule has 1 N–H and O–H groups in total. The lowest BCUT2D eigenvalue weighted by Crippen LogP contribution is -2.12. The normalized spacial score (nSPS) is 11.8. The van der Waals surface area contributed by atoms with Gasteiger partial charge in [0.1, 0.15) is 5.01 Å². The summed E-state index contributed by atoms with van der Waals surface area (Å²) in [6.07, 6.45) is 1.88. The van der Waals surface area contributed by atoms with Crippen molar-refractivity contribution in [1.29, 1.82) is 0 Å². The first-order valence-corrected chi connectivity index (χ1v) is 9.62. The van der Waals surface area contributed by atoms with E-state index >= 15 is 0 Å². The summed E-state index contributed by atoms with van der Waals surface area (Å²) in [6, 6.07) is 11.6. The Morgan fingerprint density at radius 2 is 2.12 bits per heavy atom. The van der Waals surface area contributed by atoms with E-state index in [1.165, 1.54) is 11.3 Å². The summed E-state index contributed by atoms with van der Waals surface area (Å²) < 4.78 is 1.72. The van der Waals surface area contributed by atoms with Gasteiger partial charge in [-0.3, -0.25) is 4.79 Å². The maximum absolute atomic E-state index is 12.4. The maximum atomic E-state index is 12.4. The quantitative estimate of drug-likeness (QED) is 0.536. The van der Waals surface area contributed by atoms with Crippen LogP contribution in [0.1, 0.15) is 17.6 Å². The molecular weight excluding hydrogens is 366 g/mol. The molecule has 1 aromatic carbocycles. The predicted molar refractivity (Wildman–Crippen MR) is 105 cm³/mol. The first kappa shape index (κ1) is 16.6. The molecule has 0 spiro atoms. The first-order valence-electron chi connectivity index (χ1n) is 7.92. The van der Waals surface area contributed by atoms with Crippen LogP contribution in [0.3, 0.4) is 0 Å². The molecule has 3 aromatic heterocycles. The summed E-state index contributed by atoms with van der Waals surface area (Å²) in [5, 5.41) is 18.4. The molecule has 1 amide bonds. The molecule has 0 aliphatic heterocycles. The van der Waals surface area contributed by atoms with Gasteiger partial charge < -0.3 is 5.32 Å². The van der Waals surface area contributed by atoms with E-state index in [9.17, 15) is 4.79 Å². The van der Waals surface area contributed by atoms with Crippen molar-refractivity contribution in [2.24, 2.45) is 0 Å². The molecular formula is C18H15N5OS2. The van der Waals surface area contributed by atoms with Gasteiger partial charge in [0.05, 0.1) is 0 Å². The van der Waals surface area contributed by atoms with Crippen molar-refractivity contribution < 1.29 is 4.79 Å². The van der Waals surface area contributed by atoms with E-state index in [1.54, 1.807) is 15.9 Å². The maximum Gasteiger partial charge on any atom is 0.251 e. The highest BCUT2D eigenvalue weighted by Crippen LogP contribution is 2.27. The van der Waals surface area contributed by atoms with Crippen LogP contribution in [0.4, 0.5) is 5.69 Å². The number of rotatable bonds is 4. The molecule has 26 heavy (non-hydrogen) atoms. The van der Waals surface area contributed by atoms with Crippen LogP contribution >= 0.6 is 22.7 Å². The summed E-state index contributed by atoms with van der Waals surface area (Å²) in [7, 11) is 0. The Morgan fingerprint density at radius 3 is 2.88 bits per heavy atom. The number of fused-ring (bicyclic) bond motifs is 1. The van der Waals surface area contributed by atoms with E-state index in [1.807, 2.05) is 61.7 Å². The van der Waals surface area contributed by atoms with Crippen molar-refractivity contribution in [3.8, 4) is 10.6 Å². The Bertz CT molecular complexity index is 1110. The molecule has 0 fully saturated rings. The highest BCUT2D eigenvalue weighted by atomic mass is 32.1. The fourth-order valence-corrected chi connectivity index (χ4v) is 4.04.